The zero-order chi connectivity index (χ0) is 11.6. The molecule has 0 radical (unpaired) electrons. The van der Waals surface area contributed by atoms with Crippen LogP contribution in [0.3, 0.4) is 0 Å². The summed E-state index contributed by atoms with van der Waals surface area (Å²) in [6.07, 6.45) is -3.27. The second kappa shape index (κ2) is 4.79. The molecule has 0 bridgehead atoms. The van der Waals surface area contributed by atoms with Gasteiger partial charge in [0.05, 0.1) is 0 Å². The molecule has 16 heavy (non-hydrogen) atoms. The summed E-state index contributed by atoms with van der Waals surface area (Å²) in [5, 5.41) is 8.85. The van der Waals surface area contributed by atoms with Crippen LogP contribution in [0.1, 0.15) is 11.4 Å². The summed E-state index contributed by atoms with van der Waals surface area (Å²) in [5.74, 6) is 2.73. The van der Waals surface area contributed by atoms with Crippen LogP contribution in [-0.2, 0) is 6.18 Å². The fourth-order valence-corrected chi connectivity index (χ4v) is 3.29. The van der Waals surface area contributed by atoms with Crippen LogP contribution in [0.15, 0.2) is 0 Å². The number of hydrogen-bond acceptors (Lipinski definition) is 5. The molecule has 1 saturated heterocycles. The molecule has 1 N–H and O–H groups in total. The number of rotatable bonds is 3. The second-order valence-electron chi connectivity index (χ2n) is 3.52. The van der Waals surface area contributed by atoms with Crippen LogP contribution in [0.2, 0.25) is 0 Å². The summed E-state index contributed by atoms with van der Waals surface area (Å²) >= 11 is 2.43. The Hall–Kier alpha value is -0.500. The maximum atomic E-state index is 12.2. The summed E-state index contributed by atoms with van der Waals surface area (Å²) in [6.45, 7) is 0.680. The van der Waals surface area contributed by atoms with Gasteiger partial charge in [0.15, 0.2) is 0 Å². The number of thioether (sulfide) groups is 1. The largest absolute Gasteiger partial charge is 0.445 e. The number of alkyl halides is 3. The van der Waals surface area contributed by atoms with Crippen molar-refractivity contribution < 1.29 is 13.2 Å². The second-order valence-corrected chi connectivity index (χ2v) is 5.65. The molecule has 2 heterocycles. The van der Waals surface area contributed by atoms with Crippen LogP contribution in [0.4, 0.5) is 18.3 Å². The lowest BCUT2D eigenvalue weighted by Gasteiger charge is -2.07. The van der Waals surface area contributed by atoms with Gasteiger partial charge >= 0.3 is 6.18 Å². The van der Waals surface area contributed by atoms with Crippen molar-refractivity contribution in [2.45, 2.75) is 12.6 Å². The third-order valence-electron chi connectivity index (χ3n) is 2.23. The van der Waals surface area contributed by atoms with Gasteiger partial charge in [0.1, 0.15) is 0 Å². The summed E-state index contributed by atoms with van der Waals surface area (Å²) in [5.41, 5.74) is 0. The molecule has 1 aliphatic heterocycles. The molecule has 1 aliphatic rings. The lowest BCUT2D eigenvalue weighted by Crippen LogP contribution is -2.13. The Kier molecular flexibility index (Phi) is 3.58. The van der Waals surface area contributed by atoms with Crippen molar-refractivity contribution in [2.24, 2.45) is 5.92 Å². The molecular weight excluding hydrogens is 259 g/mol. The molecule has 0 spiro atoms. The molecule has 0 saturated carbocycles. The molecule has 2 rings (SSSR count). The highest BCUT2D eigenvalue weighted by molar-refractivity contribution is 7.99. The molecule has 0 aromatic carbocycles. The van der Waals surface area contributed by atoms with Gasteiger partial charge in [-0.05, 0) is 23.8 Å². The molecule has 1 aromatic heterocycles. The first-order valence-corrected chi connectivity index (χ1v) is 6.75. The maximum absolute atomic E-state index is 12.2. The molecule has 0 aliphatic carbocycles. The summed E-state index contributed by atoms with van der Waals surface area (Å²) < 4.78 is 36.7. The maximum Gasteiger partial charge on any atom is 0.445 e. The fraction of sp³-hybridized carbons (Fsp3) is 0.750. The summed E-state index contributed by atoms with van der Waals surface area (Å²) in [6, 6.07) is 0. The van der Waals surface area contributed by atoms with Crippen LogP contribution in [0, 0.1) is 5.92 Å². The molecule has 8 heteroatoms. The van der Waals surface area contributed by atoms with Gasteiger partial charge in [-0.3, -0.25) is 0 Å². The minimum absolute atomic E-state index is 0.254. The Bertz CT molecular complexity index is 347. The third kappa shape index (κ3) is 3.00. The van der Waals surface area contributed by atoms with Gasteiger partial charge in [-0.15, -0.1) is 10.2 Å². The predicted octanol–water partition coefficient (Wildman–Crippen LogP) is 2.72. The highest BCUT2D eigenvalue weighted by atomic mass is 32.2. The van der Waals surface area contributed by atoms with Crippen LogP contribution < -0.4 is 5.32 Å². The van der Waals surface area contributed by atoms with Gasteiger partial charge in [-0.2, -0.15) is 24.9 Å². The first kappa shape index (κ1) is 12.0. The van der Waals surface area contributed by atoms with E-state index in [2.05, 4.69) is 15.5 Å². The van der Waals surface area contributed by atoms with Crippen molar-refractivity contribution in [1.82, 2.24) is 10.2 Å². The first-order valence-electron chi connectivity index (χ1n) is 4.78. The van der Waals surface area contributed by atoms with Gasteiger partial charge in [0.25, 0.3) is 0 Å². The topological polar surface area (TPSA) is 37.8 Å². The van der Waals surface area contributed by atoms with Crippen molar-refractivity contribution in [3.8, 4) is 0 Å². The summed E-state index contributed by atoms with van der Waals surface area (Å²) in [7, 11) is 0. The van der Waals surface area contributed by atoms with Crippen LogP contribution in [-0.4, -0.2) is 28.2 Å². The third-order valence-corrected chi connectivity index (χ3v) is 4.39. The number of anilines is 1. The molecule has 3 nitrogen and oxygen atoms in total. The number of nitrogens with zero attached hydrogens (tertiary/aromatic N) is 2. The van der Waals surface area contributed by atoms with E-state index in [1.165, 1.54) is 0 Å². The Morgan fingerprint density at radius 1 is 1.38 bits per heavy atom. The average Bonchev–Trinajstić information content (AvgIpc) is 2.85. The zero-order valence-electron chi connectivity index (χ0n) is 8.25. The normalized spacial score (nSPS) is 21.3. The fourth-order valence-electron chi connectivity index (χ4n) is 1.39. The van der Waals surface area contributed by atoms with E-state index in [0.717, 1.165) is 17.9 Å². The Labute approximate surface area is 98.8 Å². The highest BCUT2D eigenvalue weighted by Gasteiger charge is 2.35. The van der Waals surface area contributed by atoms with Crippen LogP contribution in [0.25, 0.3) is 0 Å². The van der Waals surface area contributed by atoms with Gasteiger partial charge in [-0.1, -0.05) is 11.3 Å². The van der Waals surface area contributed by atoms with E-state index in [4.69, 9.17) is 0 Å². The molecule has 1 unspecified atom stereocenters. The SMILES string of the molecule is FC(F)(F)c1nnc(NCC2CCSC2)s1. The van der Waals surface area contributed by atoms with Crippen LogP contribution >= 0.6 is 23.1 Å². The van der Waals surface area contributed by atoms with E-state index in [1.54, 1.807) is 0 Å². The van der Waals surface area contributed by atoms with E-state index in [0.29, 0.717) is 23.8 Å². The molecule has 90 valence electrons. The van der Waals surface area contributed by atoms with Crippen molar-refractivity contribution >= 4 is 28.2 Å². The molecule has 0 amide bonds. The average molecular weight is 269 g/mol. The standard InChI is InChI=1S/C8H10F3N3S2/c9-8(10,11)6-13-14-7(16-6)12-3-5-1-2-15-4-5/h5H,1-4H2,(H,12,14). The number of nitrogens with one attached hydrogen (secondary N) is 1. The lowest BCUT2D eigenvalue weighted by molar-refractivity contribution is -0.138. The monoisotopic (exact) mass is 269 g/mol. The van der Waals surface area contributed by atoms with E-state index in [1.807, 2.05) is 11.8 Å². The van der Waals surface area contributed by atoms with E-state index in [9.17, 15) is 13.2 Å². The minimum atomic E-state index is -4.39. The molecule has 1 fully saturated rings. The molecule has 1 atom stereocenters. The molecular formula is C8H10F3N3S2. The van der Waals surface area contributed by atoms with E-state index >= 15 is 0 Å². The van der Waals surface area contributed by atoms with Gasteiger partial charge < -0.3 is 5.32 Å². The minimum Gasteiger partial charge on any atom is -0.360 e. The predicted molar refractivity (Wildman–Crippen MR) is 58.8 cm³/mol. The van der Waals surface area contributed by atoms with Crippen molar-refractivity contribution in [3.63, 3.8) is 0 Å². The van der Waals surface area contributed by atoms with Crippen LogP contribution in [0.5, 0.6) is 0 Å². The Morgan fingerprint density at radius 2 is 2.19 bits per heavy atom. The highest BCUT2D eigenvalue weighted by Crippen LogP contribution is 2.33. The zero-order valence-corrected chi connectivity index (χ0v) is 9.88. The van der Waals surface area contributed by atoms with Gasteiger partial charge in [0, 0.05) is 6.54 Å². The quantitative estimate of drug-likeness (QED) is 0.915. The van der Waals surface area contributed by atoms with Crippen molar-refractivity contribution in [1.29, 1.82) is 0 Å². The Balaban J connectivity index is 1.87. The van der Waals surface area contributed by atoms with E-state index in [-0.39, 0.29) is 5.13 Å². The molecule has 1 aromatic rings. The lowest BCUT2D eigenvalue weighted by atomic mass is 10.1. The number of hydrogen-bond donors (Lipinski definition) is 1. The van der Waals surface area contributed by atoms with Crippen molar-refractivity contribution in [3.05, 3.63) is 5.01 Å². The number of halogens is 3. The first-order chi connectivity index (χ1) is 7.55. The van der Waals surface area contributed by atoms with Gasteiger partial charge in [0.2, 0.25) is 10.1 Å². The summed E-state index contributed by atoms with van der Waals surface area (Å²) in [4.78, 5) is 0. The smallest absolute Gasteiger partial charge is 0.360 e. The van der Waals surface area contributed by atoms with E-state index < -0.39 is 11.2 Å². The Morgan fingerprint density at radius 3 is 2.75 bits per heavy atom. The number of aromatic nitrogens is 2. The van der Waals surface area contributed by atoms with Crippen molar-refractivity contribution in [2.75, 3.05) is 23.4 Å². The van der Waals surface area contributed by atoms with Gasteiger partial charge in [-0.25, -0.2) is 0 Å².